The number of hydrogen-bond donors (Lipinski definition) is 2. The molecule has 2 atom stereocenters. The van der Waals surface area contributed by atoms with Gasteiger partial charge in [-0.15, -0.1) is 0 Å². The third kappa shape index (κ3) is 3.48. The molecule has 0 spiro atoms. The lowest BCUT2D eigenvalue weighted by atomic mass is 10.0. The summed E-state index contributed by atoms with van der Waals surface area (Å²) in [7, 11) is 0. The first-order chi connectivity index (χ1) is 11.6. The first-order valence-corrected chi connectivity index (χ1v) is 8.51. The van der Waals surface area contributed by atoms with Gasteiger partial charge in [0.05, 0.1) is 18.6 Å². The Hall–Kier alpha value is -2.21. The first kappa shape index (κ1) is 16.6. The van der Waals surface area contributed by atoms with Crippen LogP contribution in [0.3, 0.4) is 0 Å². The number of nitrogens with zero attached hydrogens (tertiary/aromatic N) is 3. The van der Waals surface area contributed by atoms with Gasteiger partial charge in [-0.1, -0.05) is 44.2 Å². The molecule has 6 nitrogen and oxygen atoms in total. The van der Waals surface area contributed by atoms with Crippen molar-refractivity contribution in [2.24, 2.45) is 5.92 Å². The smallest absolute Gasteiger partial charge is 0.225 e. The number of aliphatic hydroxyl groups is 1. The Balaban J connectivity index is 1.74. The van der Waals surface area contributed by atoms with Crippen molar-refractivity contribution in [3.63, 3.8) is 0 Å². The summed E-state index contributed by atoms with van der Waals surface area (Å²) in [6, 6.07) is 9.69. The molecule has 2 N–H and O–H groups in total. The van der Waals surface area contributed by atoms with Crippen LogP contribution in [-0.4, -0.2) is 43.7 Å². The van der Waals surface area contributed by atoms with Gasteiger partial charge in [0.1, 0.15) is 5.82 Å². The van der Waals surface area contributed by atoms with Crippen molar-refractivity contribution in [3.8, 4) is 11.4 Å². The predicted molar refractivity (Wildman–Crippen MR) is 91.0 cm³/mol. The number of hydrogen-bond acceptors (Lipinski definition) is 4. The minimum absolute atomic E-state index is 0.0173. The van der Waals surface area contributed by atoms with Gasteiger partial charge >= 0.3 is 0 Å². The summed E-state index contributed by atoms with van der Waals surface area (Å²) in [5.74, 6) is 1.42. The van der Waals surface area contributed by atoms with Crippen molar-refractivity contribution >= 4 is 5.91 Å². The molecule has 6 heteroatoms. The largest absolute Gasteiger partial charge is 0.392 e. The maximum atomic E-state index is 12.5. The Labute approximate surface area is 141 Å². The van der Waals surface area contributed by atoms with Crippen LogP contribution in [0.1, 0.15) is 45.0 Å². The lowest BCUT2D eigenvalue weighted by Gasteiger charge is -2.25. The van der Waals surface area contributed by atoms with Crippen LogP contribution in [0.2, 0.25) is 0 Å². The number of carbonyl (C=O) groups excluding carboxylic acids is 1. The summed E-state index contributed by atoms with van der Waals surface area (Å²) < 4.78 is 0. The standard InChI is InChI=1S/C18H24N4O2/c1-12(2)15(23)11-16(24)22-10-6-9-14(22)18-19-17(20-21-18)13-7-4-3-5-8-13/h3-5,7-8,12,14-15,23H,6,9-11H2,1-2H3,(H,19,20,21)/t14-,15+/m1/s1. The van der Waals surface area contributed by atoms with Crippen molar-refractivity contribution in [3.05, 3.63) is 36.2 Å². The molecule has 0 aliphatic carbocycles. The SMILES string of the molecule is CC(C)[C@@H](O)CC(=O)N1CCC[C@@H]1c1nc(-c2ccccc2)n[nH]1. The highest BCUT2D eigenvalue weighted by atomic mass is 16.3. The zero-order valence-electron chi connectivity index (χ0n) is 14.1. The molecule has 0 radical (unpaired) electrons. The highest BCUT2D eigenvalue weighted by molar-refractivity contribution is 5.77. The summed E-state index contributed by atoms with van der Waals surface area (Å²) >= 11 is 0. The van der Waals surface area contributed by atoms with Crippen molar-refractivity contribution in [2.45, 2.75) is 45.3 Å². The van der Waals surface area contributed by atoms with E-state index in [1.807, 2.05) is 49.1 Å². The Morgan fingerprint density at radius 3 is 2.83 bits per heavy atom. The molecule has 1 aliphatic rings. The van der Waals surface area contributed by atoms with Crippen LogP contribution in [-0.2, 0) is 4.79 Å². The molecule has 0 saturated carbocycles. The number of nitrogens with one attached hydrogen (secondary N) is 1. The molecule has 0 unspecified atom stereocenters. The Bertz CT molecular complexity index is 683. The van der Waals surface area contributed by atoms with Gasteiger partial charge in [-0.3, -0.25) is 9.89 Å². The molecule has 1 aliphatic heterocycles. The third-order valence-corrected chi connectivity index (χ3v) is 4.58. The maximum absolute atomic E-state index is 12.5. The second-order valence-electron chi connectivity index (χ2n) is 6.67. The van der Waals surface area contributed by atoms with E-state index in [9.17, 15) is 9.90 Å². The highest BCUT2D eigenvalue weighted by Crippen LogP contribution is 2.31. The van der Waals surface area contributed by atoms with Gasteiger partial charge in [-0.2, -0.15) is 5.10 Å². The van der Waals surface area contributed by atoms with E-state index < -0.39 is 6.10 Å². The molecule has 1 aromatic heterocycles. The van der Waals surface area contributed by atoms with E-state index in [4.69, 9.17) is 0 Å². The van der Waals surface area contributed by atoms with E-state index in [1.165, 1.54) is 0 Å². The van der Waals surface area contributed by atoms with Gasteiger partial charge in [0.15, 0.2) is 5.82 Å². The predicted octanol–water partition coefficient (Wildman–Crippen LogP) is 2.54. The molecule has 1 fully saturated rings. The van der Waals surface area contributed by atoms with E-state index in [2.05, 4.69) is 15.2 Å². The van der Waals surface area contributed by atoms with E-state index in [1.54, 1.807) is 0 Å². The van der Waals surface area contributed by atoms with Gasteiger partial charge in [-0.05, 0) is 18.8 Å². The maximum Gasteiger partial charge on any atom is 0.225 e. The second kappa shape index (κ2) is 7.13. The number of aromatic amines is 1. The third-order valence-electron chi connectivity index (χ3n) is 4.58. The lowest BCUT2D eigenvalue weighted by molar-refractivity contribution is -0.134. The van der Waals surface area contributed by atoms with Crippen molar-refractivity contribution < 1.29 is 9.90 Å². The van der Waals surface area contributed by atoms with E-state index in [0.717, 1.165) is 24.2 Å². The number of likely N-dealkylation sites (tertiary alicyclic amines) is 1. The minimum Gasteiger partial charge on any atom is -0.392 e. The van der Waals surface area contributed by atoms with E-state index in [-0.39, 0.29) is 24.3 Å². The molecule has 128 valence electrons. The van der Waals surface area contributed by atoms with Crippen molar-refractivity contribution in [2.75, 3.05) is 6.54 Å². The molecular weight excluding hydrogens is 304 g/mol. The minimum atomic E-state index is -0.603. The number of amides is 1. The Morgan fingerprint density at radius 1 is 1.38 bits per heavy atom. The second-order valence-corrected chi connectivity index (χ2v) is 6.67. The highest BCUT2D eigenvalue weighted by Gasteiger charge is 2.33. The molecule has 1 aromatic carbocycles. The number of H-pyrrole nitrogens is 1. The summed E-state index contributed by atoms with van der Waals surface area (Å²) in [4.78, 5) is 18.9. The molecule has 1 saturated heterocycles. The average Bonchev–Trinajstić information content (AvgIpc) is 3.24. The van der Waals surface area contributed by atoms with Crippen LogP contribution in [0.4, 0.5) is 0 Å². The molecule has 24 heavy (non-hydrogen) atoms. The summed E-state index contributed by atoms with van der Waals surface area (Å²) in [5.41, 5.74) is 0.950. The van der Waals surface area contributed by atoms with Crippen LogP contribution in [0.25, 0.3) is 11.4 Å². The van der Waals surface area contributed by atoms with E-state index >= 15 is 0 Å². The van der Waals surface area contributed by atoms with Gasteiger partial charge in [0.25, 0.3) is 0 Å². The fourth-order valence-electron chi connectivity index (χ4n) is 3.02. The average molecular weight is 328 g/mol. The van der Waals surface area contributed by atoms with Crippen LogP contribution in [0.5, 0.6) is 0 Å². The number of aromatic nitrogens is 3. The number of aliphatic hydroxyl groups excluding tert-OH is 1. The first-order valence-electron chi connectivity index (χ1n) is 8.51. The molecule has 3 rings (SSSR count). The zero-order valence-corrected chi connectivity index (χ0v) is 14.1. The van der Waals surface area contributed by atoms with E-state index in [0.29, 0.717) is 12.4 Å². The monoisotopic (exact) mass is 328 g/mol. The molecule has 0 bridgehead atoms. The molecule has 2 heterocycles. The Kier molecular flexibility index (Phi) is 4.94. The lowest BCUT2D eigenvalue weighted by Crippen LogP contribution is -2.34. The van der Waals surface area contributed by atoms with Gasteiger partial charge in [0.2, 0.25) is 5.91 Å². The van der Waals surface area contributed by atoms with Crippen molar-refractivity contribution in [1.82, 2.24) is 20.1 Å². The summed E-state index contributed by atoms with van der Waals surface area (Å²) in [6.07, 6.45) is 1.37. The molecule has 2 aromatic rings. The Morgan fingerprint density at radius 2 is 2.12 bits per heavy atom. The fourth-order valence-corrected chi connectivity index (χ4v) is 3.02. The molecular formula is C18H24N4O2. The van der Waals surface area contributed by atoms with Gasteiger partial charge < -0.3 is 10.0 Å². The fraction of sp³-hybridized carbons (Fsp3) is 0.500. The number of carbonyl (C=O) groups is 1. The number of rotatable bonds is 5. The quantitative estimate of drug-likeness (QED) is 0.883. The topological polar surface area (TPSA) is 82.1 Å². The van der Waals surface area contributed by atoms with Crippen LogP contribution >= 0.6 is 0 Å². The normalized spacial score (nSPS) is 19.0. The zero-order chi connectivity index (χ0) is 17.1. The summed E-state index contributed by atoms with van der Waals surface area (Å²) in [5, 5.41) is 17.3. The van der Waals surface area contributed by atoms with Gasteiger partial charge in [-0.25, -0.2) is 4.98 Å². The van der Waals surface area contributed by atoms with Crippen LogP contribution < -0.4 is 0 Å². The van der Waals surface area contributed by atoms with Crippen LogP contribution in [0, 0.1) is 5.92 Å². The molecule has 1 amide bonds. The van der Waals surface area contributed by atoms with Crippen LogP contribution in [0.15, 0.2) is 30.3 Å². The van der Waals surface area contributed by atoms with Crippen molar-refractivity contribution in [1.29, 1.82) is 0 Å². The summed E-state index contributed by atoms with van der Waals surface area (Å²) in [6.45, 7) is 4.54. The number of benzene rings is 1. The van der Waals surface area contributed by atoms with Gasteiger partial charge in [0, 0.05) is 12.1 Å².